The molecule has 1 aromatic carbocycles. The average molecular weight is 282 g/mol. The van der Waals surface area contributed by atoms with E-state index < -0.39 is 29.2 Å². The quantitative estimate of drug-likeness (QED) is 0.830. The van der Waals surface area contributed by atoms with Gasteiger partial charge in [0.1, 0.15) is 5.82 Å². The van der Waals surface area contributed by atoms with Crippen molar-refractivity contribution in [2.75, 3.05) is 12.4 Å². The molecule has 0 fully saturated rings. The van der Waals surface area contributed by atoms with Crippen LogP contribution in [0.3, 0.4) is 0 Å². The van der Waals surface area contributed by atoms with Crippen LogP contribution in [0.15, 0.2) is 18.2 Å². The van der Waals surface area contributed by atoms with Gasteiger partial charge in [-0.3, -0.25) is 4.79 Å². The van der Waals surface area contributed by atoms with Gasteiger partial charge in [0.25, 0.3) is 0 Å². The second kappa shape index (κ2) is 6.00. The minimum atomic E-state index is -0.766. The zero-order valence-electron chi connectivity index (χ0n) is 12.0. The second-order valence-corrected chi connectivity index (χ2v) is 5.51. The Kier molecular flexibility index (Phi) is 4.83. The first kappa shape index (κ1) is 16.1. The van der Waals surface area contributed by atoms with Crippen LogP contribution in [0, 0.1) is 11.2 Å². The Labute approximate surface area is 117 Å². The van der Waals surface area contributed by atoms with E-state index >= 15 is 0 Å². The summed E-state index contributed by atoms with van der Waals surface area (Å²) in [6, 6.07) is 2.68. The van der Waals surface area contributed by atoms with Gasteiger partial charge in [0.15, 0.2) is 0 Å². The van der Waals surface area contributed by atoms with Crippen molar-refractivity contribution >= 4 is 17.6 Å². The lowest BCUT2D eigenvalue weighted by Gasteiger charge is -2.26. The molecule has 0 aliphatic heterocycles. The molecule has 0 radical (unpaired) electrons. The van der Waals surface area contributed by atoms with Crippen LogP contribution in [0.1, 0.15) is 31.1 Å². The van der Waals surface area contributed by atoms with Gasteiger partial charge in [-0.2, -0.15) is 0 Å². The van der Waals surface area contributed by atoms with Crippen molar-refractivity contribution < 1.29 is 18.7 Å². The molecule has 3 N–H and O–H groups in total. The molecule has 0 spiro atoms. The Bertz CT molecular complexity index is 524. The molecule has 20 heavy (non-hydrogen) atoms. The first-order valence-corrected chi connectivity index (χ1v) is 6.11. The van der Waals surface area contributed by atoms with Crippen LogP contribution < -0.4 is 11.1 Å². The molecule has 0 aliphatic rings. The van der Waals surface area contributed by atoms with Crippen molar-refractivity contribution in [3.8, 4) is 0 Å². The number of anilines is 1. The number of methoxy groups -OCH3 is 1. The highest BCUT2D eigenvalue weighted by Gasteiger charge is 2.28. The number of carbonyl (C=O) groups is 2. The number of ether oxygens (including phenoxy) is 1. The van der Waals surface area contributed by atoms with Crippen molar-refractivity contribution in [2.24, 2.45) is 11.1 Å². The minimum Gasteiger partial charge on any atom is -0.465 e. The summed E-state index contributed by atoms with van der Waals surface area (Å²) in [6.07, 6.45) is 0. The van der Waals surface area contributed by atoms with Gasteiger partial charge in [-0.15, -0.1) is 0 Å². The molecule has 0 aliphatic carbocycles. The third-order valence-electron chi connectivity index (χ3n) is 2.86. The third-order valence-corrected chi connectivity index (χ3v) is 2.86. The van der Waals surface area contributed by atoms with Gasteiger partial charge in [0, 0.05) is 0 Å². The van der Waals surface area contributed by atoms with Crippen molar-refractivity contribution in [1.82, 2.24) is 0 Å². The second-order valence-electron chi connectivity index (χ2n) is 5.51. The maximum atomic E-state index is 13.2. The zero-order valence-corrected chi connectivity index (χ0v) is 12.0. The van der Waals surface area contributed by atoms with E-state index in [1.807, 2.05) is 20.8 Å². The number of hydrogen-bond donors (Lipinski definition) is 2. The van der Waals surface area contributed by atoms with E-state index in [0.717, 1.165) is 12.1 Å². The third kappa shape index (κ3) is 3.77. The number of nitrogens with two attached hydrogens (primary N) is 1. The number of carbonyl (C=O) groups excluding carboxylic acids is 2. The molecule has 1 amide bonds. The summed E-state index contributed by atoms with van der Waals surface area (Å²) in [7, 11) is 1.18. The Balaban J connectivity index is 3.04. The fraction of sp³-hybridized carbons (Fsp3) is 0.429. The number of benzene rings is 1. The predicted molar refractivity (Wildman–Crippen MR) is 73.8 cm³/mol. The number of rotatable bonds is 3. The van der Waals surface area contributed by atoms with Gasteiger partial charge in [0.05, 0.1) is 24.4 Å². The topological polar surface area (TPSA) is 81.4 Å². The molecule has 0 saturated heterocycles. The zero-order chi connectivity index (χ0) is 15.5. The number of hydrogen-bond acceptors (Lipinski definition) is 4. The van der Waals surface area contributed by atoms with Gasteiger partial charge in [-0.25, -0.2) is 9.18 Å². The van der Waals surface area contributed by atoms with Crippen LogP contribution in [0.5, 0.6) is 0 Å². The predicted octanol–water partition coefficient (Wildman–Crippen LogP) is 1.92. The van der Waals surface area contributed by atoms with Crippen LogP contribution in [0.25, 0.3) is 0 Å². The monoisotopic (exact) mass is 282 g/mol. The molecule has 0 aromatic heterocycles. The van der Waals surface area contributed by atoms with Gasteiger partial charge in [0.2, 0.25) is 5.91 Å². The molecular weight excluding hydrogens is 263 g/mol. The highest BCUT2D eigenvalue weighted by Crippen LogP contribution is 2.22. The summed E-state index contributed by atoms with van der Waals surface area (Å²) in [5, 5.41) is 2.53. The summed E-state index contributed by atoms with van der Waals surface area (Å²) < 4.78 is 17.7. The minimum absolute atomic E-state index is 0.0537. The van der Waals surface area contributed by atoms with Gasteiger partial charge in [-0.05, 0) is 23.6 Å². The fourth-order valence-electron chi connectivity index (χ4n) is 1.51. The van der Waals surface area contributed by atoms with Crippen LogP contribution in [-0.4, -0.2) is 25.0 Å². The largest absolute Gasteiger partial charge is 0.465 e. The summed E-state index contributed by atoms with van der Waals surface area (Å²) in [4.78, 5) is 23.6. The molecule has 0 bridgehead atoms. The lowest BCUT2D eigenvalue weighted by Crippen LogP contribution is -2.45. The maximum Gasteiger partial charge on any atom is 0.340 e. The first-order valence-electron chi connectivity index (χ1n) is 6.11. The highest BCUT2D eigenvalue weighted by atomic mass is 19.1. The van der Waals surface area contributed by atoms with E-state index in [1.165, 1.54) is 13.2 Å². The van der Waals surface area contributed by atoms with E-state index in [1.54, 1.807) is 0 Å². The average Bonchev–Trinajstić information content (AvgIpc) is 2.37. The molecule has 0 saturated carbocycles. The standard InChI is InChI=1S/C14H19FN2O3/c1-14(2,3)11(16)12(18)17-10-6-5-8(15)7-9(10)13(19)20-4/h5-7,11H,16H2,1-4H3,(H,17,18)/t11-/m1/s1. The van der Waals surface area contributed by atoms with E-state index in [-0.39, 0.29) is 11.3 Å². The number of nitrogens with one attached hydrogen (secondary N) is 1. The maximum absolute atomic E-state index is 13.2. The molecule has 0 unspecified atom stereocenters. The Morgan fingerprint density at radius 3 is 2.45 bits per heavy atom. The lowest BCUT2D eigenvalue weighted by atomic mass is 9.87. The van der Waals surface area contributed by atoms with E-state index in [4.69, 9.17) is 5.73 Å². The van der Waals surface area contributed by atoms with Crippen LogP contribution in [0.4, 0.5) is 10.1 Å². The van der Waals surface area contributed by atoms with Crippen molar-refractivity contribution in [3.63, 3.8) is 0 Å². The molecular formula is C14H19FN2O3. The number of halogens is 1. The van der Waals surface area contributed by atoms with Gasteiger partial charge in [-0.1, -0.05) is 20.8 Å². The summed E-state index contributed by atoms with van der Waals surface area (Å²) in [5.41, 5.74) is 5.51. The fourth-order valence-corrected chi connectivity index (χ4v) is 1.51. The van der Waals surface area contributed by atoms with Crippen molar-refractivity contribution in [1.29, 1.82) is 0 Å². The Morgan fingerprint density at radius 2 is 1.95 bits per heavy atom. The number of amides is 1. The first-order chi connectivity index (χ1) is 9.16. The molecule has 5 nitrogen and oxygen atoms in total. The van der Waals surface area contributed by atoms with E-state index in [9.17, 15) is 14.0 Å². The van der Waals surface area contributed by atoms with E-state index in [2.05, 4.69) is 10.1 Å². The number of esters is 1. The summed E-state index contributed by atoms with van der Waals surface area (Å²) in [6.45, 7) is 5.47. The lowest BCUT2D eigenvalue weighted by molar-refractivity contribution is -0.119. The van der Waals surface area contributed by atoms with Crippen LogP contribution >= 0.6 is 0 Å². The van der Waals surface area contributed by atoms with Crippen molar-refractivity contribution in [2.45, 2.75) is 26.8 Å². The molecule has 0 heterocycles. The Morgan fingerprint density at radius 1 is 1.35 bits per heavy atom. The normalized spacial score (nSPS) is 12.7. The molecule has 1 rings (SSSR count). The van der Waals surface area contributed by atoms with Crippen LogP contribution in [0.2, 0.25) is 0 Å². The summed E-state index contributed by atoms with van der Waals surface area (Å²) in [5.74, 6) is -1.78. The Hall–Kier alpha value is -1.95. The molecule has 110 valence electrons. The smallest absolute Gasteiger partial charge is 0.340 e. The molecule has 1 aromatic rings. The highest BCUT2D eigenvalue weighted by molar-refractivity contribution is 6.02. The molecule has 1 atom stereocenters. The molecule has 6 heteroatoms. The van der Waals surface area contributed by atoms with E-state index in [0.29, 0.717) is 0 Å². The van der Waals surface area contributed by atoms with Crippen molar-refractivity contribution in [3.05, 3.63) is 29.6 Å². The SMILES string of the molecule is COC(=O)c1cc(F)ccc1NC(=O)[C@@H](N)C(C)(C)C. The van der Waals surface area contributed by atoms with Gasteiger partial charge >= 0.3 is 5.97 Å². The summed E-state index contributed by atoms with van der Waals surface area (Å²) >= 11 is 0. The van der Waals surface area contributed by atoms with Crippen LogP contribution in [-0.2, 0) is 9.53 Å². The van der Waals surface area contributed by atoms with Gasteiger partial charge < -0.3 is 15.8 Å².